The molecule has 0 aliphatic carbocycles. The first-order chi connectivity index (χ1) is 8.40. The fourth-order valence-corrected chi connectivity index (χ4v) is 3.64. The van der Waals surface area contributed by atoms with Gasteiger partial charge in [0.25, 0.3) is 5.91 Å². The zero-order chi connectivity index (χ0) is 13.3. The van der Waals surface area contributed by atoms with Crippen LogP contribution in [0.5, 0.6) is 0 Å². The highest BCUT2D eigenvalue weighted by Gasteiger charge is 2.28. The molecule has 0 unspecified atom stereocenters. The average molecular weight is 336 g/mol. The van der Waals surface area contributed by atoms with Gasteiger partial charge >= 0.3 is 10.2 Å². The summed E-state index contributed by atoms with van der Waals surface area (Å²) in [6, 6.07) is 1.58. The lowest BCUT2D eigenvalue weighted by Crippen LogP contribution is -2.42. The van der Waals surface area contributed by atoms with Crippen molar-refractivity contribution in [3.63, 3.8) is 0 Å². The standard InChI is InChI=1S/C10H14BrN3O3S/c1-13-7-8(11)6-9(13)10(15)12-18(16,17)14-4-2-3-5-14/h6-7H,2-5H2,1H3,(H,12,15). The molecule has 1 N–H and O–H groups in total. The van der Waals surface area contributed by atoms with E-state index < -0.39 is 16.1 Å². The number of amides is 1. The van der Waals surface area contributed by atoms with Gasteiger partial charge in [0.1, 0.15) is 5.69 Å². The van der Waals surface area contributed by atoms with Crippen LogP contribution in [0.25, 0.3) is 0 Å². The number of nitrogens with one attached hydrogen (secondary N) is 1. The summed E-state index contributed by atoms with van der Waals surface area (Å²) < 4.78 is 29.5. The van der Waals surface area contributed by atoms with Crippen LogP contribution in [-0.2, 0) is 17.3 Å². The Labute approximate surface area is 114 Å². The van der Waals surface area contributed by atoms with Gasteiger partial charge in [-0.25, -0.2) is 4.72 Å². The van der Waals surface area contributed by atoms with Crippen molar-refractivity contribution in [2.45, 2.75) is 12.8 Å². The number of nitrogens with zero attached hydrogens (tertiary/aromatic N) is 2. The summed E-state index contributed by atoms with van der Waals surface area (Å²) in [5, 5.41) is 0. The maximum Gasteiger partial charge on any atom is 0.304 e. The third-order valence-corrected chi connectivity index (χ3v) is 4.75. The first-order valence-corrected chi connectivity index (χ1v) is 7.77. The molecule has 1 aliphatic heterocycles. The van der Waals surface area contributed by atoms with E-state index in [-0.39, 0.29) is 0 Å². The zero-order valence-corrected chi connectivity index (χ0v) is 12.3. The molecule has 0 spiro atoms. The van der Waals surface area contributed by atoms with Gasteiger partial charge in [0, 0.05) is 30.8 Å². The summed E-state index contributed by atoms with van der Waals surface area (Å²) in [6.45, 7) is 0.943. The summed E-state index contributed by atoms with van der Waals surface area (Å²) in [7, 11) is -2.03. The Morgan fingerprint density at radius 1 is 1.39 bits per heavy atom. The maximum atomic E-state index is 11.9. The molecule has 100 valence electrons. The van der Waals surface area contributed by atoms with Crippen molar-refractivity contribution in [3.05, 3.63) is 22.4 Å². The van der Waals surface area contributed by atoms with E-state index in [2.05, 4.69) is 20.7 Å². The highest BCUT2D eigenvalue weighted by molar-refractivity contribution is 9.10. The molecule has 1 saturated heterocycles. The minimum Gasteiger partial charge on any atom is -0.345 e. The number of halogens is 1. The van der Waals surface area contributed by atoms with Crippen LogP contribution in [0, 0.1) is 0 Å². The Kier molecular flexibility index (Phi) is 3.79. The largest absolute Gasteiger partial charge is 0.345 e. The smallest absolute Gasteiger partial charge is 0.304 e. The Morgan fingerprint density at radius 2 is 2.00 bits per heavy atom. The van der Waals surface area contributed by atoms with Crippen LogP contribution in [0.1, 0.15) is 23.3 Å². The predicted molar refractivity (Wildman–Crippen MR) is 70.3 cm³/mol. The van der Waals surface area contributed by atoms with E-state index in [9.17, 15) is 13.2 Å². The zero-order valence-electron chi connectivity index (χ0n) is 9.89. The molecule has 1 aromatic rings. The Hall–Kier alpha value is -0.860. The van der Waals surface area contributed by atoms with Crippen LogP contribution in [0.4, 0.5) is 0 Å². The second kappa shape index (κ2) is 5.02. The van der Waals surface area contributed by atoms with Crippen molar-refractivity contribution >= 4 is 32.0 Å². The van der Waals surface area contributed by atoms with Crippen LogP contribution < -0.4 is 4.72 Å². The van der Waals surface area contributed by atoms with Crippen LogP contribution >= 0.6 is 15.9 Å². The number of hydrogen-bond donors (Lipinski definition) is 1. The van der Waals surface area contributed by atoms with Gasteiger partial charge in [-0.2, -0.15) is 12.7 Å². The molecule has 0 bridgehead atoms. The van der Waals surface area contributed by atoms with Gasteiger partial charge in [0.2, 0.25) is 0 Å². The third-order valence-electron chi connectivity index (χ3n) is 2.83. The van der Waals surface area contributed by atoms with Crippen molar-refractivity contribution < 1.29 is 13.2 Å². The second-order valence-electron chi connectivity index (χ2n) is 4.20. The van der Waals surface area contributed by atoms with Crippen molar-refractivity contribution in [3.8, 4) is 0 Å². The maximum absolute atomic E-state index is 11.9. The Morgan fingerprint density at radius 3 is 2.50 bits per heavy atom. The number of aromatic nitrogens is 1. The second-order valence-corrected chi connectivity index (χ2v) is 6.78. The van der Waals surface area contributed by atoms with Crippen LogP contribution in [0.3, 0.4) is 0 Å². The third kappa shape index (κ3) is 2.76. The number of aryl methyl sites for hydroxylation is 1. The highest BCUT2D eigenvalue weighted by Crippen LogP contribution is 2.15. The van der Waals surface area contributed by atoms with E-state index in [0.717, 1.165) is 17.3 Å². The fourth-order valence-electron chi connectivity index (χ4n) is 1.91. The summed E-state index contributed by atoms with van der Waals surface area (Å²) in [5.41, 5.74) is 0.296. The van der Waals surface area contributed by atoms with Crippen LogP contribution in [0.15, 0.2) is 16.7 Å². The lowest BCUT2D eigenvalue weighted by molar-refractivity contribution is 0.0971. The minimum atomic E-state index is -3.71. The monoisotopic (exact) mass is 335 g/mol. The van der Waals surface area contributed by atoms with E-state index in [1.165, 1.54) is 4.31 Å². The number of hydrogen-bond acceptors (Lipinski definition) is 3. The molecule has 0 atom stereocenters. The average Bonchev–Trinajstić information content (AvgIpc) is 2.86. The molecule has 0 radical (unpaired) electrons. The summed E-state index contributed by atoms with van der Waals surface area (Å²) >= 11 is 3.24. The van der Waals surface area contributed by atoms with Crippen LogP contribution in [-0.4, -0.2) is 36.3 Å². The summed E-state index contributed by atoms with van der Waals surface area (Å²) in [6.07, 6.45) is 3.37. The lowest BCUT2D eigenvalue weighted by Gasteiger charge is -2.15. The fraction of sp³-hybridized carbons (Fsp3) is 0.500. The van der Waals surface area contributed by atoms with Gasteiger partial charge in [-0.1, -0.05) is 0 Å². The molecule has 1 fully saturated rings. The van der Waals surface area contributed by atoms with Crippen molar-refractivity contribution in [2.24, 2.45) is 7.05 Å². The first-order valence-electron chi connectivity index (χ1n) is 5.54. The predicted octanol–water partition coefficient (Wildman–Crippen LogP) is 0.858. The van der Waals surface area contributed by atoms with Gasteiger partial charge in [-0.15, -0.1) is 0 Å². The Bertz CT molecular complexity index is 561. The Balaban J connectivity index is 2.14. The summed E-state index contributed by atoms with van der Waals surface area (Å²) in [4.78, 5) is 11.9. The van der Waals surface area contributed by atoms with Gasteiger partial charge in [0.15, 0.2) is 0 Å². The SMILES string of the molecule is Cn1cc(Br)cc1C(=O)NS(=O)(=O)N1CCCC1. The molecule has 2 heterocycles. The van der Waals surface area contributed by atoms with Gasteiger partial charge in [-0.3, -0.25) is 4.79 Å². The van der Waals surface area contributed by atoms with Crippen molar-refractivity contribution in [2.75, 3.05) is 13.1 Å². The lowest BCUT2D eigenvalue weighted by atomic mass is 10.4. The molecule has 18 heavy (non-hydrogen) atoms. The molecule has 8 heteroatoms. The molecule has 1 aromatic heterocycles. The number of rotatable bonds is 3. The van der Waals surface area contributed by atoms with Crippen LogP contribution in [0.2, 0.25) is 0 Å². The normalized spacial score (nSPS) is 17.0. The van der Waals surface area contributed by atoms with Gasteiger partial charge < -0.3 is 4.57 Å². The van der Waals surface area contributed by atoms with Crippen molar-refractivity contribution in [1.82, 2.24) is 13.6 Å². The van der Waals surface area contributed by atoms with E-state index in [1.54, 1.807) is 23.9 Å². The molecular formula is C10H14BrN3O3S. The van der Waals surface area contributed by atoms with E-state index >= 15 is 0 Å². The molecule has 1 aliphatic rings. The molecule has 0 aromatic carbocycles. The van der Waals surface area contributed by atoms with Gasteiger partial charge in [0.05, 0.1) is 0 Å². The topological polar surface area (TPSA) is 71.4 Å². The highest BCUT2D eigenvalue weighted by atomic mass is 79.9. The molecule has 1 amide bonds. The summed E-state index contributed by atoms with van der Waals surface area (Å²) in [5.74, 6) is -0.616. The number of carbonyl (C=O) groups excluding carboxylic acids is 1. The molecule has 6 nitrogen and oxygen atoms in total. The quantitative estimate of drug-likeness (QED) is 0.890. The molecular weight excluding hydrogens is 322 g/mol. The van der Waals surface area contributed by atoms with Gasteiger partial charge in [-0.05, 0) is 34.8 Å². The molecule has 2 rings (SSSR count). The van der Waals surface area contributed by atoms with E-state index in [0.29, 0.717) is 18.8 Å². The minimum absolute atomic E-state index is 0.296. The van der Waals surface area contributed by atoms with Crippen molar-refractivity contribution in [1.29, 1.82) is 0 Å². The van der Waals surface area contributed by atoms with E-state index in [4.69, 9.17) is 0 Å². The first kappa shape index (κ1) is 13.6. The van der Waals surface area contributed by atoms with E-state index in [1.807, 2.05) is 0 Å². The molecule has 0 saturated carbocycles. The number of carbonyl (C=O) groups is 1.